The van der Waals surface area contributed by atoms with Gasteiger partial charge in [0.1, 0.15) is 0 Å². The number of hydrogen-bond acceptors (Lipinski definition) is 4. The number of hydrogen-bond donors (Lipinski definition) is 0. The van der Waals surface area contributed by atoms with Gasteiger partial charge >= 0.3 is 0 Å². The molecule has 26 heavy (non-hydrogen) atoms. The van der Waals surface area contributed by atoms with Gasteiger partial charge in [0.05, 0.1) is 0 Å². The Morgan fingerprint density at radius 2 is 0.962 bits per heavy atom. The molecule has 4 heteroatoms. The highest BCUT2D eigenvalue weighted by Gasteiger charge is 2.19. The lowest BCUT2D eigenvalue weighted by Crippen LogP contribution is -1.94. The molecule has 0 spiro atoms. The third-order valence-electron chi connectivity index (χ3n) is 4.34. The highest BCUT2D eigenvalue weighted by molar-refractivity contribution is 6.09. The van der Waals surface area contributed by atoms with Crippen LogP contribution in [0.5, 0.6) is 11.5 Å². The summed E-state index contributed by atoms with van der Waals surface area (Å²) in [6.45, 7) is 0. The maximum Gasteiger partial charge on any atom is 0.292 e. The maximum absolute atomic E-state index is 9.09. The van der Waals surface area contributed by atoms with Crippen molar-refractivity contribution in [3.05, 3.63) is 72.8 Å². The summed E-state index contributed by atoms with van der Waals surface area (Å²) in [6, 6.07) is 23.0. The van der Waals surface area contributed by atoms with E-state index >= 15 is 0 Å². The zero-order valence-electron chi connectivity index (χ0n) is 13.6. The van der Waals surface area contributed by atoms with Crippen LogP contribution in [0.15, 0.2) is 72.8 Å². The normalized spacial score (nSPS) is 10.2. The van der Waals surface area contributed by atoms with Crippen LogP contribution in [0.3, 0.4) is 0 Å². The topological polar surface area (TPSA) is 66.0 Å². The molecule has 0 N–H and O–H groups in total. The van der Waals surface area contributed by atoms with Crippen molar-refractivity contribution < 1.29 is 9.47 Å². The Balaban J connectivity index is 2.19. The van der Waals surface area contributed by atoms with Gasteiger partial charge in [0, 0.05) is 11.1 Å². The zero-order valence-corrected chi connectivity index (χ0v) is 13.6. The molecule has 0 unspecified atom stereocenters. The summed E-state index contributed by atoms with van der Waals surface area (Å²) in [5.74, 6) is 0.843. The van der Waals surface area contributed by atoms with Gasteiger partial charge in [-0.2, -0.15) is 0 Å². The van der Waals surface area contributed by atoms with Crippen LogP contribution in [-0.4, -0.2) is 0 Å². The minimum Gasteiger partial charge on any atom is -0.387 e. The van der Waals surface area contributed by atoms with Gasteiger partial charge in [-0.3, -0.25) is 0 Å². The van der Waals surface area contributed by atoms with Crippen molar-refractivity contribution in [2.45, 2.75) is 0 Å². The third kappa shape index (κ3) is 2.47. The van der Waals surface area contributed by atoms with E-state index in [1.54, 1.807) is 24.6 Å². The van der Waals surface area contributed by atoms with Crippen molar-refractivity contribution in [3.8, 4) is 35.1 Å². The van der Waals surface area contributed by atoms with E-state index in [1.165, 1.54) is 0 Å². The molecule has 0 fully saturated rings. The van der Waals surface area contributed by atoms with Crippen molar-refractivity contribution >= 4 is 21.5 Å². The van der Waals surface area contributed by atoms with Gasteiger partial charge in [0.2, 0.25) is 0 Å². The van der Waals surface area contributed by atoms with Crippen LogP contribution < -0.4 is 9.47 Å². The smallest absolute Gasteiger partial charge is 0.292 e. The van der Waals surface area contributed by atoms with E-state index in [-0.39, 0.29) is 0 Å². The molecule has 0 saturated heterocycles. The molecule has 4 aromatic rings. The van der Waals surface area contributed by atoms with E-state index in [2.05, 4.69) is 0 Å². The standard InChI is InChI=1S/C22H12N2O2/c23-13-25-19-11-9-15-5-1-3-7-17(15)21(19)22-18-8-4-2-6-16(18)10-12-20(22)26-14-24/h1-12H. The molecule has 0 radical (unpaired) electrons. The lowest BCUT2D eigenvalue weighted by Gasteiger charge is -2.15. The van der Waals surface area contributed by atoms with Crippen molar-refractivity contribution in [3.63, 3.8) is 0 Å². The fourth-order valence-corrected chi connectivity index (χ4v) is 3.29. The quantitative estimate of drug-likeness (QED) is 0.471. The Labute approximate surface area is 150 Å². The number of rotatable bonds is 3. The first kappa shape index (κ1) is 15.5. The van der Waals surface area contributed by atoms with Crippen molar-refractivity contribution in [1.29, 1.82) is 10.5 Å². The molecule has 0 aliphatic carbocycles. The Bertz CT molecular complexity index is 1120. The van der Waals surface area contributed by atoms with E-state index < -0.39 is 0 Å². The molecule has 0 aromatic heterocycles. The molecule has 122 valence electrons. The Morgan fingerprint density at radius 1 is 0.538 bits per heavy atom. The first-order valence-corrected chi connectivity index (χ1v) is 7.99. The Hall–Kier alpha value is -4.02. The van der Waals surface area contributed by atoms with Gasteiger partial charge in [0.25, 0.3) is 12.5 Å². The number of nitrogens with zero attached hydrogens (tertiary/aromatic N) is 2. The van der Waals surface area contributed by atoms with E-state index in [0.29, 0.717) is 11.5 Å². The van der Waals surface area contributed by atoms with Crippen LogP contribution in [-0.2, 0) is 0 Å². The van der Waals surface area contributed by atoms with Crippen LogP contribution in [0.1, 0.15) is 0 Å². The molecule has 0 aliphatic rings. The molecule has 0 aliphatic heterocycles. The van der Waals surface area contributed by atoms with Gasteiger partial charge in [-0.25, -0.2) is 0 Å². The fourth-order valence-electron chi connectivity index (χ4n) is 3.29. The van der Waals surface area contributed by atoms with Gasteiger partial charge in [-0.1, -0.05) is 60.7 Å². The summed E-state index contributed by atoms with van der Waals surface area (Å²) in [5.41, 5.74) is 1.46. The highest BCUT2D eigenvalue weighted by atomic mass is 16.5. The molecule has 0 heterocycles. The number of ether oxygens (including phenoxy) is 2. The van der Waals surface area contributed by atoms with Crippen molar-refractivity contribution in [1.82, 2.24) is 0 Å². The molecule has 0 saturated carbocycles. The largest absolute Gasteiger partial charge is 0.387 e. The highest BCUT2D eigenvalue weighted by Crippen LogP contribution is 2.45. The van der Waals surface area contributed by atoms with E-state index in [1.807, 2.05) is 60.7 Å². The van der Waals surface area contributed by atoms with Crippen molar-refractivity contribution in [2.24, 2.45) is 0 Å². The molecule has 0 amide bonds. The summed E-state index contributed by atoms with van der Waals surface area (Å²) in [5, 5.41) is 22.0. The number of benzene rings is 4. The summed E-state index contributed by atoms with van der Waals surface area (Å²) < 4.78 is 10.5. The lowest BCUT2D eigenvalue weighted by atomic mass is 9.92. The second-order valence-electron chi connectivity index (χ2n) is 5.71. The molecular weight excluding hydrogens is 324 g/mol. The summed E-state index contributed by atoms with van der Waals surface area (Å²) in [7, 11) is 0. The van der Waals surface area contributed by atoms with E-state index in [0.717, 1.165) is 32.7 Å². The van der Waals surface area contributed by atoms with Crippen molar-refractivity contribution in [2.75, 3.05) is 0 Å². The zero-order chi connectivity index (χ0) is 17.9. The third-order valence-corrected chi connectivity index (χ3v) is 4.34. The average molecular weight is 336 g/mol. The second kappa shape index (κ2) is 6.47. The van der Waals surface area contributed by atoms with Gasteiger partial charge < -0.3 is 9.47 Å². The van der Waals surface area contributed by atoms with Crippen LogP contribution in [0.25, 0.3) is 32.7 Å². The first-order chi connectivity index (χ1) is 12.8. The van der Waals surface area contributed by atoms with Crippen LogP contribution in [0.4, 0.5) is 0 Å². The Kier molecular flexibility index (Phi) is 3.86. The molecule has 0 bridgehead atoms. The van der Waals surface area contributed by atoms with Gasteiger partial charge in [0.15, 0.2) is 11.5 Å². The minimum atomic E-state index is 0.422. The molecule has 0 atom stereocenters. The molecule has 4 aromatic carbocycles. The fraction of sp³-hybridized carbons (Fsp3) is 0. The van der Waals surface area contributed by atoms with Gasteiger partial charge in [-0.05, 0) is 33.7 Å². The summed E-state index contributed by atoms with van der Waals surface area (Å²) >= 11 is 0. The second-order valence-corrected chi connectivity index (χ2v) is 5.71. The summed E-state index contributed by atoms with van der Waals surface area (Å²) in [6.07, 6.45) is 3.51. The van der Waals surface area contributed by atoms with E-state index in [9.17, 15) is 0 Å². The summed E-state index contributed by atoms with van der Waals surface area (Å²) in [4.78, 5) is 0. The molecule has 4 rings (SSSR count). The van der Waals surface area contributed by atoms with E-state index in [4.69, 9.17) is 20.0 Å². The molecule has 4 nitrogen and oxygen atoms in total. The lowest BCUT2D eigenvalue weighted by molar-refractivity contribution is 0.502. The SMILES string of the molecule is N#COc1ccc2ccccc2c1-c1c(OC#N)ccc2ccccc12. The molecular formula is C22H12N2O2. The maximum atomic E-state index is 9.09. The minimum absolute atomic E-state index is 0.422. The Morgan fingerprint density at radius 3 is 1.38 bits per heavy atom. The predicted octanol–water partition coefficient (Wildman–Crippen LogP) is 5.38. The average Bonchev–Trinajstić information content (AvgIpc) is 2.69. The first-order valence-electron chi connectivity index (χ1n) is 7.99. The van der Waals surface area contributed by atoms with Crippen LogP contribution in [0.2, 0.25) is 0 Å². The number of nitriles is 2. The van der Waals surface area contributed by atoms with Gasteiger partial charge in [-0.15, -0.1) is 10.5 Å². The number of fused-ring (bicyclic) bond motifs is 2. The predicted molar refractivity (Wildman–Crippen MR) is 99.4 cm³/mol. The monoisotopic (exact) mass is 336 g/mol. The van der Waals surface area contributed by atoms with Crippen LogP contribution >= 0.6 is 0 Å². The van der Waals surface area contributed by atoms with Crippen LogP contribution in [0, 0.1) is 23.0 Å².